The lowest BCUT2D eigenvalue weighted by molar-refractivity contribution is -0.147. The summed E-state index contributed by atoms with van der Waals surface area (Å²) in [6.45, 7) is 0.591. The maximum Gasteiger partial charge on any atom is 0.410 e. The quantitative estimate of drug-likeness (QED) is 0.651. The van der Waals surface area contributed by atoms with Gasteiger partial charge >= 0.3 is 12.1 Å². The molecule has 3 rings (SSSR count). The largest absolute Gasteiger partial charge is 0.508 e. The van der Waals surface area contributed by atoms with Crippen molar-refractivity contribution in [2.24, 2.45) is 5.92 Å². The molecular formula is C24H27NO6. The molecule has 0 bridgehead atoms. The van der Waals surface area contributed by atoms with E-state index in [2.05, 4.69) is 0 Å². The second-order valence-corrected chi connectivity index (χ2v) is 7.65. The smallest absolute Gasteiger partial charge is 0.410 e. The van der Waals surface area contributed by atoms with E-state index in [1.54, 1.807) is 12.1 Å². The first-order chi connectivity index (χ1) is 15.0. The van der Waals surface area contributed by atoms with Crippen molar-refractivity contribution in [3.05, 3.63) is 65.7 Å². The SMILES string of the molecule is COC(=O)[C@@H](CC(=O)[C@@H]1CCCN1C(=O)OCc1ccccc1)Cc1ccc(O)cc1. The number of aromatic hydroxyl groups is 1. The Labute approximate surface area is 181 Å². The van der Waals surface area contributed by atoms with Crippen LogP contribution in [0.4, 0.5) is 4.79 Å². The average Bonchev–Trinajstić information content (AvgIpc) is 3.29. The number of carbonyl (C=O) groups excluding carboxylic acids is 3. The van der Waals surface area contributed by atoms with Gasteiger partial charge in [-0.15, -0.1) is 0 Å². The summed E-state index contributed by atoms with van der Waals surface area (Å²) in [6.07, 6.45) is 1.02. The lowest BCUT2D eigenvalue weighted by Crippen LogP contribution is -2.42. The van der Waals surface area contributed by atoms with Crippen LogP contribution in [0.1, 0.15) is 30.4 Å². The third-order valence-electron chi connectivity index (χ3n) is 5.46. The van der Waals surface area contributed by atoms with Crippen LogP contribution in [-0.2, 0) is 32.1 Å². The molecule has 1 aliphatic rings. The number of Topliss-reactive ketones (excluding diaryl/α,β-unsaturated/α-hetero) is 1. The van der Waals surface area contributed by atoms with E-state index in [1.165, 1.54) is 24.1 Å². The van der Waals surface area contributed by atoms with E-state index in [0.717, 1.165) is 11.1 Å². The van der Waals surface area contributed by atoms with E-state index in [4.69, 9.17) is 9.47 Å². The number of ether oxygens (including phenoxy) is 2. The molecule has 7 nitrogen and oxygen atoms in total. The number of ketones is 1. The van der Waals surface area contributed by atoms with E-state index < -0.39 is 24.0 Å². The molecule has 0 radical (unpaired) electrons. The molecule has 1 saturated heterocycles. The lowest BCUT2D eigenvalue weighted by atomic mass is 9.91. The minimum atomic E-state index is -0.662. The monoisotopic (exact) mass is 425 g/mol. The molecule has 1 fully saturated rings. The molecule has 31 heavy (non-hydrogen) atoms. The third-order valence-corrected chi connectivity index (χ3v) is 5.46. The van der Waals surface area contributed by atoms with Gasteiger partial charge in [0.15, 0.2) is 5.78 Å². The van der Waals surface area contributed by atoms with Crippen LogP contribution in [-0.4, -0.2) is 47.5 Å². The molecule has 2 atom stereocenters. The Kier molecular flexibility index (Phi) is 7.65. The van der Waals surface area contributed by atoms with Crippen molar-refractivity contribution in [1.82, 2.24) is 4.90 Å². The van der Waals surface area contributed by atoms with Gasteiger partial charge < -0.3 is 14.6 Å². The molecule has 164 valence electrons. The number of methoxy groups -OCH3 is 1. The summed E-state index contributed by atoms with van der Waals surface area (Å²) in [6, 6.07) is 15.2. The lowest BCUT2D eigenvalue weighted by Gasteiger charge is -2.24. The van der Waals surface area contributed by atoms with Crippen LogP contribution < -0.4 is 0 Å². The van der Waals surface area contributed by atoms with E-state index in [-0.39, 0.29) is 24.6 Å². The van der Waals surface area contributed by atoms with Crippen molar-refractivity contribution >= 4 is 17.8 Å². The van der Waals surface area contributed by atoms with Crippen LogP contribution in [0.15, 0.2) is 54.6 Å². The van der Waals surface area contributed by atoms with Gasteiger partial charge in [-0.05, 0) is 42.5 Å². The third kappa shape index (κ3) is 6.07. The average molecular weight is 425 g/mol. The van der Waals surface area contributed by atoms with E-state index in [1.807, 2.05) is 30.3 Å². The second-order valence-electron chi connectivity index (χ2n) is 7.65. The number of nitrogens with zero attached hydrogens (tertiary/aromatic N) is 1. The molecule has 2 aromatic rings. The Morgan fingerprint density at radius 3 is 2.45 bits per heavy atom. The summed E-state index contributed by atoms with van der Waals surface area (Å²) in [7, 11) is 1.29. The van der Waals surface area contributed by atoms with Crippen LogP contribution >= 0.6 is 0 Å². The molecule has 0 aliphatic carbocycles. The Balaban J connectivity index is 1.62. The van der Waals surface area contributed by atoms with Gasteiger partial charge in [-0.25, -0.2) is 4.79 Å². The van der Waals surface area contributed by atoms with Crippen LogP contribution in [0.5, 0.6) is 5.75 Å². The number of phenols is 1. The summed E-state index contributed by atoms with van der Waals surface area (Å²) in [4.78, 5) is 39.3. The van der Waals surface area contributed by atoms with Crippen LogP contribution in [0.25, 0.3) is 0 Å². The first-order valence-electron chi connectivity index (χ1n) is 10.3. The molecule has 0 saturated carbocycles. The van der Waals surface area contributed by atoms with E-state index in [0.29, 0.717) is 25.8 Å². The fraction of sp³-hybridized carbons (Fsp3) is 0.375. The van der Waals surface area contributed by atoms with Crippen molar-refractivity contribution in [2.45, 2.75) is 38.3 Å². The minimum Gasteiger partial charge on any atom is -0.508 e. The van der Waals surface area contributed by atoms with Crippen LogP contribution in [0, 0.1) is 5.92 Å². The molecule has 7 heteroatoms. The summed E-state index contributed by atoms with van der Waals surface area (Å²) in [5, 5.41) is 9.44. The Morgan fingerprint density at radius 2 is 1.77 bits per heavy atom. The molecule has 1 N–H and O–H groups in total. The fourth-order valence-corrected chi connectivity index (χ4v) is 3.82. The van der Waals surface area contributed by atoms with Crippen molar-refractivity contribution in [3.63, 3.8) is 0 Å². The predicted octanol–water partition coefficient (Wildman–Crippen LogP) is 3.48. The maximum atomic E-state index is 13.0. The highest BCUT2D eigenvalue weighted by Gasteiger charge is 2.37. The standard InChI is InChI=1S/C24H27NO6/c1-30-23(28)19(14-17-9-11-20(26)12-10-17)15-22(27)21-8-5-13-25(21)24(29)31-16-18-6-3-2-4-7-18/h2-4,6-7,9-12,19,21,26H,5,8,13-16H2,1H3/t19-,21+/m1/s1. The summed E-state index contributed by atoms with van der Waals surface area (Å²) in [5.41, 5.74) is 1.68. The number of esters is 1. The number of hydrogen-bond acceptors (Lipinski definition) is 6. The van der Waals surface area contributed by atoms with Crippen molar-refractivity contribution in [1.29, 1.82) is 0 Å². The zero-order chi connectivity index (χ0) is 22.2. The molecule has 1 aliphatic heterocycles. The van der Waals surface area contributed by atoms with Crippen molar-refractivity contribution in [3.8, 4) is 5.75 Å². The summed E-state index contributed by atoms with van der Waals surface area (Å²) >= 11 is 0. The second kappa shape index (κ2) is 10.6. The van der Waals surface area contributed by atoms with E-state index >= 15 is 0 Å². The van der Waals surface area contributed by atoms with Gasteiger partial charge in [-0.2, -0.15) is 0 Å². The fourth-order valence-electron chi connectivity index (χ4n) is 3.82. The number of phenolic OH excluding ortho intramolecular Hbond substituents is 1. The molecule has 1 heterocycles. The molecule has 1 amide bonds. The van der Waals surface area contributed by atoms with Gasteiger partial charge in [-0.3, -0.25) is 14.5 Å². The normalized spacial score (nSPS) is 16.5. The topological polar surface area (TPSA) is 93.1 Å². The number of rotatable bonds is 8. The zero-order valence-electron chi connectivity index (χ0n) is 17.5. The number of amides is 1. The predicted molar refractivity (Wildman–Crippen MR) is 113 cm³/mol. The summed E-state index contributed by atoms with van der Waals surface area (Å²) in [5.74, 6) is -1.18. The Bertz CT molecular complexity index is 896. The van der Waals surface area contributed by atoms with E-state index in [9.17, 15) is 19.5 Å². The van der Waals surface area contributed by atoms with Gasteiger partial charge in [0.2, 0.25) is 0 Å². The first-order valence-corrected chi connectivity index (χ1v) is 10.3. The maximum absolute atomic E-state index is 13.0. The summed E-state index contributed by atoms with van der Waals surface area (Å²) < 4.78 is 10.3. The number of carbonyl (C=O) groups is 3. The van der Waals surface area contributed by atoms with Gasteiger partial charge in [-0.1, -0.05) is 42.5 Å². The first kappa shape index (κ1) is 22.3. The van der Waals surface area contributed by atoms with Crippen molar-refractivity contribution in [2.75, 3.05) is 13.7 Å². The van der Waals surface area contributed by atoms with Gasteiger partial charge in [0.25, 0.3) is 0 Å². The highest BCUT2D eigenvalue weighted by Crippen LogP contribution is 2.24. The molecular weight excluding hydrogens is 398 g/mol. The minimum absolute atomic E-state index is 0.0271. The van der Waals surface area contributed by atoms with Crippen LogP contribution in [0.2, 0.25) is 0 Å². The number of likely N-dealkylation sites (tertiary alicyclic amines) is 1. The Hall–Kier alpha value is -3.35. The molecule has 0 unspecified atom stereocenters. The highest BCUT2D eigenvalue weighted by molar-refractivity contribution is 5.91. The molecule has 2 aromatic carbocycles. The number of benzene rings is 2. The van der Waals surface area contributed by atoms with Crippen molar-refractivity contribution < 1.29 is 29.0 Å². The van der Waals surface area contributed by atoms with Gasteiger partial charge in [0, 0.05) is 13.0 Å². The van der Waals surface area contributed by atoms with Gasteiger partial charge in [0.05, 0.1) is 19.1 Å². The molecule has 0 aromatic heterocycles. The number of hydrogen-bond donors (Lipinski definition) is 1. The zero-order valence-corrected chi connectivity index (χ0v) is 17.5. The Morgan fingerprint density at radius 1 is 1.06 bits per heavy atom. The molecule has 0 spiro atoms. The highest BCUT2D eigenvalue weighted by atomic mass is 16.6. The van der Waals surface area contributed by atoms with Gasteiger partial charge in [0.1, 0.15) is 12.4 Å². The van der Waals surface area contributed by atoms with Crippen LogP contribution in [0.3, 0.4) is 0 Å².